The van der Waals surface area contributed by atoms with Gasteiger partial charge in [0.05, 0.1) is 11.5 Å². The van der Waals surface area contributed by atoms with Crippen LogP contribution in [-0.4, -0.2) is 28.3 Å². The molecule has 3 rings (SSSR count). The summed E-state index contributed by atoms with van der Waals surface area (Å²) in [5.41, 5.74) is 1.97. The van der Waals surface area contributed by atoms with Crippen LogP contribution in [0.4, 0.5) is 0 Å². The molecule has 1 aliphatic rings. The Morgan fingerprint density at radius 2 is 1.86 bits per heavy atom. The molecule has 2 aromatic rings. The van der Waals surface area contributed by atoms with E-state index in [1.54, 1.807) is 4.90 Å². The third-order valence-corrected chi connectivity index (χ3v) is 5.60. The quantitative estimate of drug-likeness (QED) is 0.410. The second-order valence-electron chi connectivity index (χ2n) is 7.10. The van der Waals surface area contributed by atoms with Gasteiger partial charge in [-0.25, -0.2) is 0 Å². The van der Waals surface area contributed by atoms with Crippen LogP contribution in [0, 0.1) is 5.92 Å². The molecule has 1 saturated heterocycles. The van der Waals surface area contributed by atoms with E-state index in [1.807, 2.05) is 61.5 Å². The fourth-order valence-electron chi connectivity index (χ4n) is 2.91. The number of carbonyl (C=O) groups excluding carboxylic acids is 1. The van der Waals surface area contributed by atoms with E-state index in [-0.39, 0.29) is 5.91 Å². The number of amides is 1. The lowest BCUT2D eigenvalue weighted by Gasteiger charge is -2.16. The Hall–Kier alpha value is -2.31. The number of ether oxygens (including phenoxy) is 2. The smallest absolute Gasteiger partial charge is 0.266 e. The summed E-state index contributed by atoms with van der Waals surface area (Å²) in [4.78, 5) is 15.0. The van der Waals surface area contributed by atoms with Crippen LogP contribution in [0.2, 0.25) is 0 Å². The maximum Gasteiger partial charge on any atom is 0.266 e. The van der Waals surface area contributed by atoms with Crippen molar-refractivity contribution < 1.29 is 14.3 Å². The summed E-state index contributed by atoms with van der Waals surface area (Å²) in [6, 6.07) is 15.7. The Bertz CT molecular complexity index is 910. The van der Waals surface area contributed by atoms with Gasteiger partial charge < -0.3 is 9.47 Å². The zero-order valence-electron chi connectivity index (χ0n) is 16.9. The Balaban J connectivity index is 1.78. The molecule has 0 bridgehead atoms. The van der Waals surface area contributed by atoms with Crippen LogP contribution in [0.3, 0.4) is 0 Å². The lowest BCUT2D eigenvalue weighted by atomic mass is 10.1. The monoisotopic (exact) mass is 427 g/mol. The van der Waals surface area contributed by atoms with Gasteiger partial charge in [0, 0.05) is 6.54 Å². The number of hydrogen-bond donors (Lipinski definition) is 0. The van der Waals surface area contributed by atoms with Gasteiger partial charge in [-0.3, -0.25) is 9.69 Å². The lowest BCUT2D eigenvalue weighted by Crippen LogP contribution is -2.31. The van der Waals surface area contributed by atoms with E-state index in [4.69, 9.17) is 21.7 Å². The van der Waals surface area contributed by atoms with Crippen LogP contribution in [0.15, 0.2) is 53.4 Å². The van der Waals surface area contributed by atoms with Crippen LogP contribution in [-0.2, 0) is 11.4 Å². The molecule has 1 amide bonds. The molecular formula is C23H25NO3S2. The maximum atomic E-state index is 12.7. The molecule has 0 radical (unpaired) electrons. The highest BCUT2D eigenvalue weighted by Crippen LogP contribution is 2.35. The van der Waals surface area contributed by atoms with Gasteiger partial charge >= 0.3 is 0 Å². The number of thiocarbonyl (C=S) groups is 1. The van der Waals surface area contributed by atoms with E-state index in [2.05, 4.69) is 13.8 Å². The molecule has 1 aliphatic heterocycles. The van der Waals surface area contributed by atoms with Crippen molar-refractivity contribution in [3.63, 3.8) is 0 Å². The van der Waals surface area contributed by atoms with Gasteiger partial charge in [0.1, 0.15) is 10.9 Å². The minimum absolute atomic E-state index is 0.0314. The Kier molecular flexibility index (Phi) is 7.34. The topological polar surface area (TPSA) is 38.8 Å². The van der Waals surface area contributed by atoms with Gasteiger partial charge in [0.2, 0.25) is 0 Å². The van der Waals surface area contributed by atoms with E-state index < -0.39 is 0 Å². The third-order valence-electron chi connectivity index (χ3n) is 4.22. The van der Waals surface area contributed by atoms with Gasteiger partial charge in [-0.2, -0.15) is 0 Å². The summed E-state index contributed by atoms with van der Waals surface area (Å²) in [6.07, 6.45) is 1.86. The summed E-state index contributed by atoms with van der Waals surface area (Å²) in [6.45, 7) is 7.72. The number of benzene rings is 2. The standard InChI is InChI=1S/C23H25NO3S2/c1-4-26-20-12-18(10-11-19(20)27-15-17-8-6-5-7-9-17)13-21-22(25)24(14-16(2)3)23(28)29-21/h5-13,16H,4,14-15H2,1-3H3/b21-13-. The molecule has 29 heavy (non-hydrogen) atoms. The molecule has 4 nitrogen and oxygen atoms in total. The van der Waals surface area contributed by atoms with Crippen molar-refractivity contribution in [2.24, 2.45) is 5.92 Å². The van der Waals surface area contributed by atoms with E-state index in [0.717, 1.165) is 11.1 Å². The fraction of sp³-hybridized carbons (Fsp3) is 0.304. The summed E-state index contributed by atoms with van der Waals surface area (Å²) in [5, 5.41) is 0. The molecule has 0 unspecified atom stereocenters. The van der Waals surface area contributed by atoms with Crippen LogP contribution >= 0.6 is 24.0 Å². The molecule has 0 aromatic heterocycles. The molecule has 0 atom stereocenters. The van der Waals surface area contributed by atoms with Crippen LogP contribution < -0.4 is 9.47 Å². The van der Waals surface area contributed by atoms with Gasteiger partial charge in [0.15, 0.2) is 11.5 Å². The van der Waals surface area contributed by atoms with E-state index in [1.165, 1.54) is 11.8 Å². The van der Waals surface area contributed by atoms with Crippen molar-refractivity contribution in [3.8, 4) is 11.5 Å². The van der Waals surface area contributed by atoms with Crippen molar-refractivity contribution in [1.29, 1.82) is 0 Å². The van der Waals surface area contributed by atoms with Crippen LogP contribution in [0.5, 0.6) is 11.5 Å². The van der Waals surface area contributed by atoms with Crippen molar-refractivity contribution >= 4 is 40.3 Å². The summed E-state index contributed by atoms with van der Waals surface area (Å²) in [5.74, 6) is 1.67. The highest BCUT2D eigenvalue weighted by molar-refractivity contribution is 8.26. The van der Waals surface area contributed by atoms with Crippen molar-refractivity contribution in [1.82, 2.24) is 4.90 Å². The molecule has 1 heterocycles. The predicted octanol–water partition coefficient (Wildman–Crippen LogP) is 5.52. The average molecular weight is 428 g/mol. The minimum atomic E-state index is -0.0314. The fourth-order valence-corrected chi connectivity index (χ4v) is 4.19. The molecule has 2 aromatic carbocycles. The van der Waals surface area contributed by atoms with Gasteiger partial charge in [-0.1, -0.05) is 74.2 Å². The van der Waals surface area contributed by atoms with Gasteiger partial charge in [-0.05, 0) is 42.2 Å². The molecule has 152 valence electrons. The summed E-state index contributed by atoms with van der Waals surface area (Å²) < 4.78 is 12.3. The molecule has 0 aliphatic carbocycles. The second-order valence-corrected chi connectivity index (χ2v) is 8.78. The zero-order chi connectivity index (χ0) is 20.8. The Morgan fingerprint density at radius 1 is 1.10 bits per heavy atom. The minimum Gasteiger partial charge on any atom is -0.490 e. The normalized spacial score (nSPS) is 15.4. The zero-order valence-corrected chi connectivity index (χ0v) is 18.5. The molecule has 0 spiro atoms. The van der Waals surface area contributed by atoms with Gasteiger partial charge in [0.25, 0.3) is 5.91 Å². The molecule has 0 N–H and O–H groups in total. The van der Waals surface area contributed by atoms with Crippen molar-refractivity contribution in [2.45, 2.75) is 27.4 Å². The number of hydrogen-bond acceptors (Lipinski definition) is 5. The number of carbonyl (C=O) groups is 1. The second kappa shape index (κ2) is 9.94. The average Bonchev–Trinajstić information content (AvgIpc) is 2.95. The van der Waals surface area contributed by atoms with E-state index in [9.17, 15) is 4.79 Å². The first kappa shape index (κ1) is 21.4. The largest absolute Gasteiger partial charge is 0.490 e. The lowest BCUT2D eigenvalue weighted by molar-refractivity contribution is -0.122. The molecule has 0 saturated carbocycles. The highest BCUT2D eigenvalue weighted by atomic mass is 32.2. The van der Waals surface area contributed by atoms with E-state index >= 15 is 0 Å². The SMILES string of the molecule is CCOc1cc(/C=C2\SC(=S)N(CC(C)C)C2=O)ccc1OCc1ccccc1. The summed E-state index contributed by atoms with van der Waals surface area (Å²) in [7, 11) is 0. The first-order valence-electron chi connectivity index (χ1n) is 9.67. The van der Waals surface area contributed by atoms with Crippen molar-refractivity contribution in [2.75, 3.05) is 13.2 Å². The maximum absolute atomic E-state index is 12.7. The first-order valence-corrected chi connectivity index (χ1v) is 10.9. The summed E-state index contributed by atoms with van der Waals surface area (Å²) >= 11 is 6.73. The molecule has 1 fully saturated rings. The molecule has 6 heteroatoms. The van der Waals surface area contributed by atoms with Crippen molar-refractivity contribution in [3.05, 3.63) is 64.6 Å². The highest BCUT2D eigenvalue weighted by Gasteiger charge is 2.32. The van der Waals surface area contributed by atoms with Gasteiger partial charge in [-0.15, -0.1) is 0 Å². The Labute approximate surface area is 181 Å². The number of thioether (sulfide) groups is 1. The number of rotatable bonds is 8. The first-order chi connectivity index (χ1) is 14.0. The van der Waals surface area contributed by atoms with E-state index in [0.29, 0.717) is 46.4 Å². The third kappa shape index (κ3) is 5.61. The Morgan fingerprint density at radius 3 is 2.55 bits per heavy atom. The predicted molar refractivity (Wildman–Crippen MR) is 123 cm³/mol. The molecular weight excluding hydrogens is 402 g/mol. The van der Waals surface area contributed by atoms with Crippen LogP contribution in [0.25, 0.3) is 6.08 Å². The van der Waals surface area contributed by atoms with Crippen LogP contribution in [0.1, 0.15) is 31.9 Å². The number of nitrogens with zero attached hydrogens (tertiary/aromatic N) is 1.